The summed E-state index contributed by atoms with van der Waals surface area (Å²) >= 11 is 0. The van der Waals surface area contributed by atoms with E-state index >= 15 is 0 Å². The summed E-state index contributed by atoms with van der Waals surface area (Å²) in [6, 6.07) is 21.4. The van der Waals surface area contributed by atoms with Crippen LogP contribution in [-0.2, 0) is 11.8 Å². The quantitative estimate of drug-likeness (QED) is 0.595. The molecule has 0 spiro atoms. The van der Waals surface area contributed by atoms with Gasteiger partial charge in [-0.2, -0.15) is 0 Å². The van der Waals surface area contributed by atoms with Crippen LogP contribution in [0.3, 0.4) is 0 Å². The van der Waals surface area contributed by atoms with E-state index in [0.717, 1.165) is 23.1 Å². The molecular formula is C26H29NO2. The first-order valence-corrected chi connectivity index (χ1v) is 10.0. The van der Waals surface area contributed by atoms with Crippen molar-refractivity contribution in [3.8, 4) is 16.9 Å². The third-order valence-electron chi connectivity index (χ3n) is 5.10. The Morgan fingerprint density at radius 2 is 1.69 bits per heavy atom. The summed E-state index contributed by atoms with van der Waals surface area (Å²) in [4.78, 5) is 12.8. The summed E-state index contributed by atoms with van der Waals surface area (Å²) in [6.07, 6.45) is 0.772. The molecule has 3 rings (SSSR count). The van der Waals surface area contributed by atoms with Crippen LogP contribution in [0.15, 0.2) is 66.7 Å². The van der Waals surface area contributed by atoms with Crippen LogP contribution in [0, 0.1) is 6.92 Å². The van der Waals surface area contributed by atoms with Crippen molar-refractivity contribution in [3.05, 3.63) is 89.0 Å². The molecule has 0 aliphatic heterocycles. The van der Waals surface area contributed by atoms with Gasteiger partial charge in [-0.3, -0.25) is 4.79 Å². The second-order valence-corrected chi connectivity index (χ2v) is 8.55. The number of nitrogens with one attached hydrogen (secondary N) is 1. The van der Waals surface area contributed by atoms with Crippen LogP contribution in [0.1, 0.15) is 47.8 Å². The number of rotatable bonds is 5. The number of amides is 1. The van der Waals surface area contributed by atoms with Crippen molar-refractivity contribution in [1.82, 2.24) is 5.32 Å². The van der Waals surface area contributed by atoms with Gasteiger partial charge in [-0.1, -0.05) is 74.9 Å². The van der Waals surface area contributed by atoms with E-state index in [9.17, 15) is 9.90 Å². The molecule has 3 aromatic carbocycles. The van der Waals surface area contributed by atoms with E-state index in [4.69, 9.17) is 0 Å². The van der Waals surface area contributed by atoms with Crippen molar-refractivity contribution >= 4 is 5.91 Å². The lowest BCUT2D eigenvalue weighted by Gasteiger charge is -2.19. The first-order valence-electron chi connectivity index (χ1n) is 10.0. The summed E-state index contributed by atoms with van der Waals surface area (Å²) in [5, 5.41) is 12.9. The maximum absolute atomic E-state index is 12.8. The molecule has 0 aliphatic rings. The first kappa shape index (κ1) is 20.7. The zero-order valence-corrected chi connectivity index (χ0v) is 17.6. The van der Waals surface area contributed by atoms with Gasteiger partial charge in [-0.15, -0.1) is 0 Å². The second kappa shape index (κ2) is 8.52. The molecule has 0 aromatic heterocycles. The maximum atomic E-state index is 12.8. The molecule has 3 heteroatoms. The minimum Gasteiger partial charge on any atom is -0.508 e. The standard InChI is InChI=1S/C26H29NO2/c1-18-6-5-7-20(16-18)24-17-22(28)12-13-23(24)25(29)27-15-14-19-8-10-21(11-9-19)26(2,3)4/h5-13,16-17,28H,14-15H2,1-4H3,(H,27,29). The molecule has 0 unspecified atom stereocenters. The Labute approximate surface area is 173 Å². The average Bonchev–Trinajstić information content (AvgIpc) is 2.67. The highest BCUT2D eigenvalue weighted by atomic mass is 16.3. The molecule has 0 bridgehead atoms. The van der Waals surface area contributed by atoms with E-state index in [0.29, 0.717) is 12.1 Å². The number of benzene rings is 3. The van der Waals surface area contributed by atoms with E-state index in [1.54, 1.807) is 18.2 Å². The van der Waals surface area contributed by atoms with E-state index < -0.39 is 0 Å². The normalized spacial score (nSPS) is 11.3. The molecule has 150 valence electrons. The lowest BCUT2D eigenvalue weighted by Crippen LogP contribution is -2.26. The number of phenolic OH excluding ortho intramolecular Hbond substituents is 1. The third kappa shape index (κ3) is 5.26. The summed E-state index contributed by atoms with van der Waals surface area (Å²) in [7, 11) is 0. The van der Waals surface area contributed by atoms with Crippen molar-refractivity contribution in [2.24, 2.45) is 0 Å². The Hall–Kier alpha value is -3.07. The Bertz CT molecular complexity index is 998. The highest BCUT2D eigenvalue weighted by Gasteiger charge is 2.15. The van der Waals surface area contributed by atoms with Gasteiger partial charge in [-0.05, 0) is 59.2 Å². The molecule has 0 radical (unpaired) electrons. The maximum Gasteiger partial charge on any atom is 0.251 e. The van der Waals surface area contributed by atoms with Crippen molar-refractivity contribution in [2.45, 2.75) is 39.5 Å². The van der Waals surface area contributed by atoms with Gasteiger partial charge in [0, 0.05) is 12.1 Å². The van der Waals surface area contributed by atoms with E-state index in [1.165, 1.54) is 11.1 Å². The summed E-state index contributed by atoms with van der Waals surface area (Å²) in [5.41, 5.74) is 5.97. The molecule has 3 aromatic rings. The van der Waals surface area contributed by atoms with Crippen LogP contribution in [0.5, 0.6) is 5.75 Å². The molecule has 3 nitrogen and oxygen atoms in total. The second-order valence-electron chi connectivity index (χ2n) is 8.55. The number of aryl methyl sites for hydroxylation is 1. The van der Waals surface area contributed by atoms with E-state index in [1.807, 2.05) is 31.2 Å². The smallest absolute Gasteiger partial charge is 0.251 e. The minimum atomic E-state index is -0.132. The number of carbonyl (C=O) groups excluding carboxylic acids is 1. The largest absolute Gasteiger partial charge is 0.508 e. The third-order valence-corrected chi connectivity index (χ3v) is 5.10. The molecule has 1 amide bonds. The molecular weight excluding hydrogens is 358 g/mol. The fourth-order valence-electron chi connectivity index (χ4n) is 3.37. The minimum absolute atomic E-state index is 0.132. The van der Waals surface area contributed by atoms with Gasteiger partial charge >= 0.3 is 0 Å². The topological polar surface area (TPSA) is 49.3 Å². The van der Waals surface area contributed by atoms with E-state index in [2.05, 4.69) is 50.4 Å². The number of carbonyl (C=O) groups is 1. The fraction of sp³-hybridized carbons (Fsp3) is 0.269. The molecule has 0 aliphatic carbocycles. The number of phenols is 1. The van der Waals surface area contributed by atoms with Crippen LogP contribution < -0.4 is 5.32 Å². The Morgan fingerprint density at radius 3 is 2.34 bits per heavy atom. The summed E-state index contributed by atoms with van der Waals surface area (Å²) in [5.74, 6) is 0.0183. The lowest BCUT2D eigenvalue weighted by molar-refractivity contribution is 0.0955. The summed E-state index contributed by atoms with van der Waals surface area (Å²) in [6.45, 7) is 9.17. The average molecular weight is 388 g/mol. The van der Waals surface area contributed by atoms with Gasteiger partial charge in [0.1, 0.15) is 5.75 Å². The zero-order valence-electron chi connectivity index (χ0n) is 17.6. The zero-order chi connectivity index (χ0) is 21.0. The number of hydrogen-bond acceptors (Lipinski definition) is 2. The van der Waals surface area contributed by atoms with Gasteiger partial charge in [0.2, 0.25) is 0 Å². The predicted octanol–water partition coefficient (Wildman–Crippen LogP) is 5.64. The highest BCUT2D eigenvalue weighted by molar-refractivity contribution is 6.01. The molecule has 0 fully saturated rings. The Morgan fingerprint density at radius 1 is 0.966 bits per heavy atom. The van der Waals surface area contributed by atoms with Gasteiger partial charge in [0.15, 0.2) is 0 Å². The van der Waals surface area contributed by atoms with Crippen molar-refractivity contribution in [3.63, 3.8) is 0 Å². The van der Waals surface area contributed by atoms with E-state index in [-0.39, 0.29) is 17.1 Å². The molecule has 0 saturated carbocycles. The van der Waals surface area contributed by atoms with Crippen LogP contribution in [0.4, 0.5) is 0 Å². The van der Waals surface area contributed by atoms with Crippen LogP contribution in [-0.4, -0.2) is 17.6 Å². The molecule has 0 heterocycles. The van der Waals surface area contributed by atoms with Crippen molar-refractivity contribution in [2.75, 3.05) is 6.54 Å². The van der Waals surface area contributed by atoms with Crippen molar-refractivity contribution < 1.29 is 9.90 Å². The Balaban J connectivity index is 1.70. The molecule has 29 heavy (non-hydrogen) atoms. The predicted molar refractivity (Wildman–Crippen MR) is 119 cm³/mol. The van der Waals surface area contributed by atoms with Crippen molar-refractivity contribution in [1.29, 1.82) is 0 Å². The fourth-order valence-corrected chi connectivity index (χ4v) is 3.37. The lowest BCUT2D eigenvalue weighted by atomic mass is 9.86. The molecule has 0 saturated heterocycles. The van der Waals surface area contributed by atoms with Gasteiger partial charge in [0.25, 0.3) is 5.91 Å². The van der Waals surface area contributed by atoms with Crippen LogP contribution in [0.2, 0.25) is 0 Å². The van der Waals surface area contributed by atoms with Crippen LogP contribution >= 0.6 is 0 Å². The van der Waals surface area contributed by atoms with Crippen LogP contribution in [0.25, 0.3) is 11.1 Å². The highest BCUT2D eigenvalue weighted by Crippen LogP contribution is 2.28. The number of aromatic hydroxyl groups is 1. The van der Waals surface area contributed by atoms with Gasteiger partial charge < -0.3 is 10.4 Å². The number of hydrogen-bond donors (Lipinski definition) is 2. The van der Waals surface area contributed by atoms with Gasteiger partial charge in [0.05, 0.1) is 0 Å². The van der Waals surface area contributed by atoms with Gasteiger partial charge in [-0.25, -0.2) is 0 Å². The molecule has 0 atom stereocenters. The first-order chi connectivity index (χ1) is 13.7. The SMILES string of the molecule is Cc1cccc(-c2cc(O)ccc2C(=O)NCCc2ccc(C(C)(C)C)cc2)c1. The summed E-state index contributed by atoms with van der Waals surface area (Å²) < 4.78 is 0. The monoisotopic (exact) mass is 387 g/mol. The Kier molecular flexibility index (Phi) is 6.07. The molecule has 2 N–H and O–H groups in total.